The second kappa shape index (κ2) is 5.64. The lowest BCUT2D eigenvalue weighted by Crippen LogP contribution is -2.21. The molecule has 0 aliphatic rings. The summed E-state index contributed by atoms with van der Waals surface area (Å²) in [6.07, 6.45) is 2.92. The van der Waals surface area contributed by atoms with E-state index in [-0.39, 0.29) is 0 Å². The molecule has 0 saturated carbocycles. The molecule has 0 spiro atoms. The fourth-order valence-electron chi connectivity index (χ4n) is 1.99. The summed E-state index contributed by atoms with van der Waals surface area (Å²) in [5.41, 5.74) is 2.55. The first-order chi connectivity index (χ1) is 8.31. The monoisotopic (exact) mass is 229 g/mol. The topological polar surface area (TPSA) is 29.9 Å². The van der Waals surface area contributed by atoms with E-state index in [1.54, 1.807) is 0 Å². The molecule has 0 bridgehead atoms. The average molecular weight is 229 g/mol. The van der Waals surface area contributed by atoms with E-state index in [1.165, 1.54) is 11.3 Å². The molecule has 2 rings (SSSR count). The first kappa shape index (κ1) is 11.9. The molecule has 0 amide bonds. The van der Waals surface area contributed by atoms with Crippen molar-refractivity contribution in [3.05, 3.63) is 53.9 Å². The van der Waals surface area contributed by atoms with E-state index in [0.29, 0.717) is 6.04 Å². The molecule has 1 aromatic carbocycles. The van der Waals surface area contributed by atoms with Crippen molar-refractivity contribution in [2.75, 3.05) is 0 Å². The van der Waals surface area contributed by atoms with Crippen molar-refractivity contribution < 1.29 is 0 Å². The third-order valence-electron chi connectivity index (χ3n) is 3.06. The lowest BCUT2D eigenvalue weighted by atomic mass is 10.0. The molecule has 2 aromatic rings. The van der Waals surface area contributed by atoms with Gasteiger partial charge < -0.3 is 5.32 Å². The maximum atomic E-state index is 4.17. The van der Waals surface area contributed by atoms with Gasteiger partial charge in [-0.05, 0) is 18.1 Å². The first-order valence-corrected chi connectivity index (χ1v) is 6.06. The van der Waals surface area contributed by atoms with E-state index in [1.807, 2.05) is 24.0 Å². The van der Waals surface area contributed by atoms with Crippen molar-refractivity contribution in [2.24, 2.45) is 7.05 Å². The Morgan fingerprint density at radius 2 is 2.00 bits per heavy atom. The number of nitrogens with zero attached hydrogens (tertiary/aromatic N) is 2. The second-order valence-electron chi connectivity index (χ2n) is 4.20. The minimum absolute atomic E-state index is 0.408. The van der Waals surface area contributed by atoms with Crippen LogP contribution in [-0.4, -0.2) is 9.78 Å². The van der Waals surface area contributed by atoms with Gasteiger partial charge in [-0.3, -0.25) is 4.68 Å². The van der Waals surface area contributed by atoms with E-state index in [0.717, 1.165) is 13.0 Å². The summed E-state index contributed by atoms with van der Waals surface area (Å²) in [7, 11) is 1.97. The van der Waals surface area contributed by atoms with Gasteiger partial charge in [-0.15, -0.1) is 0 Å². The minimum Gasteiger partial charge on any atom is -0.304 e. The van der Waals surface area contributed by atoms with Crippen LogP contribution in [0.4, 0.5) is 0 Å². The highest BCUT2D eigenvalue weighted by atomic mass is 15.3. The van der Waals surface area contributed by atoms with Crippen LogP contribution in [0.2, 0.25) is 0 Å². The Hall–Kier alpha value is -1.61. The van der Waals surface area contributed by atoms with Gasteiger partial charge in [0, 0.05) is 25.8 Å². The Morgan fingerprint density at radius 3 is 2.59 bits per heavy atom. The van der Waals surface area contributed by atoms with Crippen LogP contribution in [0.1, 0.15) is 30.6 Å². The van der Waals surface area contributed by atoms with Crippen molar-refractivity contribution in [3.8, 4) is 0 Å². The van der Waals surface area contributed by atoms with Crippen molar-refractivity contribution >= 4 is 0 Å². The molecule has 1 atom stereocenters. The van der Waals surface area contributed by atoms with Gasteiger partial charge in [-0.25, -0.2) is 0 Å². The van der Waals surface area contributed by atoms with E-state index >= 15 is 0 Å². The normalized spacial score (nSPS) is 12.6. The molecule has 1 unspecified atom stereocenters. The fourth-order valence-corrected chi connectivity index (χ4v) is 1.99. The van der Waals surface area contributed by atoms with Crippen LogP contribution in [-0.2, 0) is 13.6 Å². The van der Waals surface area contributed by atoms with Crippen LogP contribution in [0, 0.1) is 0 Å². The Kier molecular flexibility index (Phi) is 3.94. The molecule has 17 heavy (non-hydrogen) atoms. The molecular weight excluding hydrogens is 210 g/mol. The quantitative estimate of drug-likeness (QED) is 0.854. The molecule has 0 fully saturated rings. The summed E-state index contributed by atoms with van der Waals surface area (Å²) in [6, 6.07) is 13.0. The molecule has 0 aliphatic carbocycles. The van der Waals surface area contributed by atoms with E-state index in [9.17, 15) is 0 Å². The van der Waals surface area contributed by atoms with Crippen LogP contribution in [0.15, 0.2) is 42.6 Å². The third-order valence-corrected chi connectivity index (χ3v) is 3.06. The summed E-state index contributed by atoms with van der Waals surface area (Å²) in [5.74, 6) is 0. The maximum absolute atomic E-state index is 4.17. The SMILES string of the molecule is CCC(NCc1ccnn1C)c1ccccc1. The van der Waals surface area contributed by atoms with Crippen LogP contribution >= 0.6 is 0 Å². The predicted octanol–water partition coefficient (Wildman–Crippen LogP) is 2.66. The van der Waals surface area contributed by atoms with Gasteiger partial charge in [-0.2, -0.15) is 5.10 Å². The van der Waals surface area contributed by atoms with Crippen molar-refractivity contribution in [3.63, 3.8) is 0 Å². The zero-order valence-electron chi connectivity index (χ0n) is 10.4. The van der Waals surface area contributed by atoms with Gasteiger partial charge in [0.1, 0.15) is 0 Å². The Balaban J connectivity index is 1.99. The Morgan fingerprint density at radius 1 is 1.24 bits per heavy atom. The van der Waals surface area contributed by atoms with Gasteiger partial charge in [0.15, 0.2) is 0 Å². The van der Waals surface area contributed by atoms with E-state index < -0.39 is 0 Å². The standard InChI is InChI=1S/C14H19N3/c1-3-14(12-7-5-4-6-8-12)15-11-13-9-10-16-17(13)2/h4-10,14-15H,3,11H2,1-2H3. The number of nitrogens with one attached hydrogen (secondary N) is 1. The smallest absolute Gasteiger partial charge is 0.0518 e. The average Bonchev–Trinajstić information content (AvgIpc) is 2.77. The Labute approximate surface area is 102 Å². The van der Waals surface area contributed by atoms with Gasteiger partial charge in [-0.1, -0.05) is 37.3 Å². The maximum Gasteiger partial charge on any atom is 0.0518 e. The van der Waals surface area contributed by atoms with Crippen LogP contribution in [0.25, 0.3) is 0 Å². The number of hydrogen-bond donors (Lipinski definition) is 1. The molecule has 1 heterocycles. The zero-order valence-corrected chi connectivity index (χ0v) is 10.4. The molecule has 0 radical (unpaired) electrons. The molecule has 0 saturated heterocycles. The summed E-state index contributed by atoms with van der Waals surface area (Å²) in [5, 5.41) is 7.74. The molecule has 1 N–H and O–H groups in total. The summed E-state index contributed by atoms with van der Waals surface area (Å²) >= 11 is 0. The van der Waals surface area contributed by atoms with Gasteiger partial charge in [0.25, 0.3) is 0 Å². The lowest BCUT2D eigenvalue weighted by molar-refractivity contribution is 0.503. The van der Waals surface area contributed by atoms with Crippen LogP contribution in [0.3, 0.4) is 0 Å². The third kappa shape index (κ3) is 2.94. The van der Waals surface area contributed by atoms with Gasteiger partial charge in [0.2, 0.25) is 0 Å². The minimum atomic E-state index is 0.408. The van der Waals surface area contributed by atoms with Crippen LogP contribution < -0.4 is 5.32 Å². The number of aryl methyl sites for hydroxylation is 1. The highest BCUT2D eigenvalue weighted by Crippen LogP contribution is 2.16. The Bertz CT molecular complexity index is 448. The number of rotatable bonds is 5. The number of benzene rings is 1. The van der Waals surface area contributed by atoms with E-state index in [4.69, 9.17) is 0 Å². The molecular formula is C14H19N3. The number of hydrogen-bond acceptors (Lipinski definition) is 2. The highest BCUT2D eigenvalue weighted by molar-refractivity contribution is 5.18. The van der Waals surface area contributed by atoms with Gasteiger partial charge in [0.05, 0.1) is 5.69 Å². The summed E-state index contributed by atoms with van der Waals surface area (Å²) < 4.78 is 1.91. The molecule has 90 valence electrons. The molecule has 1 aromatic heterocycles. The van der Waals surface area contributed by atoms with Crippen molar-refractivity contribution in [2.45, 2.75) is 25.9 Å². The fraction of sp³-hybridized carbons (Fsp3) is 0.357. The van der Waals surface area contributed by atoms with Crippen molar-refractivity contribution in [1.29, 1.82) is 0 Å². The van der Waals surface area contributed by atoms with Crippen molar-refractivity contribution in [1.82, 2.24) is 15.1 Å². The summed E-state index contributed by atoms with van der Waals surface area (Å²) in [4.78, 5) is 0. The van der Waals surface area contributed by atoms with Crippen LogP contribution in [0.5, 0.6) is 0 Å². The largest absolute Gasteiger partial charge is 0.304 e. The van der Waals surface area contributed by atoms with E-state index in [2.05, 4.69) is 47.7 Å². The number of aromatic nitrogens is 2. The molecule has 3 nitrogen and oxygen atoms in total. The van der Waals surface area contributed by atoms with Gasteiger partial charge >= 0.3 is 0 Å². The highest BCUT2D eigenvalue weighted by Gasteiger charge is 2.08. The molecule has 3 heteroatoms. The predicted molar refractivity (Wildman–Crippen MR) is 69.5 cm³/mol. The second-order valence-corrected chi connectivity index (χ2v) is 4.20. The lowest BCUT2D eigenvalue weighted by Gasteiger charge is -2.17. The summed E-state index contributed by atoms with van der Waals surface area (Å²) in [6.45, 7) is 3.05. The zero-order chi connectivity index (χ0) is 12.1. The first-order valence-electron chi connectivity index (χ1n) is 6.06. The molecule has 0 aliphatic heterocycles.